The number of carboxylic acids is 1. The lowest BCUT2D eigenvalue weighted by Crippen LogP contribution is -2.28. The van der Waals surface area contributed by atoms with Crippen LogP contribution in [0, 0.1) is 5.92 Å². The van der Waals surface area contributed by atoms with Crippen LogP contribution in [0.2, 0.25) is 0 Å². The predicted molar refractivity (Wildman–Crippen MR) is 146 cm³/mol. The second-order valence-corrected chi connectivity index (χ2v) is 10.0. The number of hydrogen-bond acceptors (Lipinski definition) is 5. The predicted octanol–water partition coefficient (Wildman–Crippen LogP) is 6.53. The zero-order valence-corrected chi connectivity index (χ0v) is 21.2. The Morgan fingerprint density at radius 2 is 1.69 bits per heavy atom. The number of thioether (sulfide) groups is 1. The Labute approximate surface area is 215 Å². The van der Waals surface area contributed by atoms with Gasteiger partial charge in [-0.05, 0) is 54.4 Å². The highest BCUT2D eigenvalue weighted by Crippen LogP contribution is 2.30. The van der Waals surface area contributed by atoms with E-state index in [1.165, 1.54) is 4.90 Å². The third-order valence-corrected chi connectivity index (χ3v) is 7.05. The molecule has 3 N–H and O–H groups in total. The van der Waals surface area contributed by atoms with E-state index in [1.807, 2.05) is 30.3 Å². The third kappa shape index (κ3) is 6.70. The molecule has 0 saturated heterocycles. The molecule has 0 spiro atoms. The summed E-state index contributed by atoms with van der Waals surface area (Å²) < 4.78 is 5.98. The maximum Gasteiger partial charge on any atom is 0.305 e. The molecule has 0 saturated carbocycles. The van der Waals surface area contributed by atoms with E-state index in [4.69, 9.17) is 9.52 Å². The molecular weight excluding hydrogens is 472 g/mol. The SMILES string of the molecule is CC(C)[C@@H](CSc1ccc(-c2cc3ccccc3o2)cc1)Nc1ccc(C(=O)NCCC(=O)O)cc1. The molecule has 1 atom stereocenters. The van der Waals surface area contributed by atoms with Gasteiger partial charge in [0.05, 0.1) is 6.42 Å². The highest BCUT2D eigenvalue weighted by Gasteiger charge is 2.15. The van der Waals surface area contributed by atoms with E-state index < -0.39 is 5.97 Å². The van der Waals surface area contributed by atoms with E-state index in [0.29, 0.717) is 11.5 Å². The largest absolute Gasteiger partial charge is 0.481 e. The second kappa shape index (κ2) is 11.8. The molecule has 186 valence electrons. The number of aliphatic carboxylic acids is 1. The standard InChI is InChI=1S/C29H30N2O4S/c1-19(2)25(31-23-11-7-21(8-12-23)29(34)30-16-15-28(32)33)18-36-24-13-9-20(10-14-24)27-17-22-5-3-4-6-26(22)35-27/h3-14,17,19,25,31H,15-16,18H2,1-2H3,(H,30,34)(H,32,33)/t25-/m1/s1. The summed E-state index contributed by atoms with van der Waals surface area (Å²) in [6.07, 6.45) is -0.0955. The van der Waals surface area contributed by atoms with Crippen molar-refractivity contribution in [3.8, 4) is 11.3 Å². The first-order valence-electron chi connectivity index (χ1n) is 12.0. The Morgan fingerprint density at radius 1 is 0.972 bits per heavy atom. The summed E-state index contributed by atoms with van der Waals surface area (Å²) in [5.41, 5.74) is 3.40. The monoisotopic (exact) mass is 502 g/mol. The van der Waals surface area contributed by atoms with Crippen LogP contribution >= 0.6 is 11.8 Å². The first-order valence-corrected chi connectivity index (χ1v) is 13.0. The van der Waals surface area contributed by atoms with Crippen molar-refractivity contribution in [2.24, 2.45) is 5.92 Å². The normalized spacial score (nSPS) is 12.0. The molecular formula is C29H30N2O4S. The molecule has 1 heterocycles. The van der Waals surface area contributed by atoms with E-state index in [0.717, 1.165) is 33.7 Å². The van der Waals surface area contributed by atoms with Gasteiger partial charge in [0, 0.05) is 45.4 Å². The molecule has 0 aliphatic carbocycles. The fourth-order valence-electron chi connectivity index (χ4n) is 3.74. The number of hydrogen-bond donors (Lipinski definition) is 3. The Balaban J connectivity index is 1.32. The van der Waals surface area contributed by atoms with E-state index in [1.54, 1.807) is 23.9 Å². The lowest BCUT2D eigenvalue weighted by atomic mass is 10.1. The van der Waals surface area contributed by atoms with Crippen molar-refractivity contribution in [3.63, 3.8) is 0 Å². The van der Waals surface area contributed by atoms with Crippen molar-refractivity contribution in [2.75, 3.05) is 17.6 Å². The van der Waals surface area contributed by atoms with Gasteiger partial charge in [0.1, 0.15) is 11.3 Å². The minimum absolute atomic E-state index is 0.0955. The van der Waals surface area contributed by atoms with Crippen LogP contribution in [0.3, 0.4) is 0 Å². The molecule has 4 aromatic rings. The highest BCUT2D eigenvalue weighted by atomic mass is 32.2. The Morgan fingerprint density at radius 3 is 2.36 bits per heavy atom. The molecule has 3 aromatic carbocycles. The van der Waals surface area contributed by atoms with Crippen molar-refractivity contribution in [2.45, 2.75) is 31.2 Å². The number of amides is 1. The van der Waals surface area contributed by atoms with E-state index in [2.05, 4.69) is 60.9 Å². The zero-order valence-electron chi connectivity index (χ0n) is 20.4. The van der Waals surface area contributed by atoms with Crippen LogP contribution in [0.1, 0.15) is 30.6 Å². The number of rotatable bonds is 11. The van der Waals surface area contributed by atoms with Crippen LogP contribution in [0.25, 0.3) is 22.3 Å². The smallest absolute Gasteiger partial charge is 0.305 e. The molecule has 6 nitrogen and oxygen atoms in total. The van der Waals surface area contributed by atoms with E-state index >= 15 is 0 Å². The van der Waals surface area contributed by atoms with Crippen molar-refractivity contribution in [3.05, 3.63) is 84.4 Å². The van der Waals surface area contributed by atoms with Gasteiger partial charge in [0.25, 0.3) is 5.91 Å². The fraction of sp³-hybridized carbons (Fsp3) is 0.241. The first kappa shape index (κ1) is 25.4. The Bertz CT molecular complexity index is 1280. The summed E-state index contributed by atoms with van der Waals surface area (Å²) in [5.74, 6) is 0.957. The molecule has 0 unspecified atom stereocenters. The molecule has 1 aromatic heterocycles. The van der Waals surface area contributed by atoms with Gasteiger partial charge in [-0.1, -0.05) is 44.2 Å². The molecule has 0 aliphatic rings. The molecule has 4 rings (SSSR count). The third-order valence-electron chi connectivity index (χ3n) is 5.92. The van der Waals surface area contributed by atoms with Crippen LogP contribution in [-0.2, 0) is 4.79 Å². The number of carbonyl (C=O) groups excluding carboxylic acids is 1. The molecule has 0 radical (unpaired) electrons. The first-order chi connectivity index (χ1) is 17.4. The number of para-hydroxylation sites is 1. The lowest BCUT2D eigenvalue weighted by Gasteiger charge is -2.23. The van der Waals surface area contributed by atoms with Crippen LogP contribution in [0.15, 0.2) is 88.2 Å². The summed E-state index contributed by atoms with van der Waals surface area (Å²) in [7, 11) is 0. The molecule has 36 heavy (non-hydrogen) atoms. The number of fused-ring (bicyclic) bond motifs is 1. The van der Waals surface area contributed by atoms with Gasteiger partial charge in [-0.25, -0.2) is 0 Å². The van der Waals surface area contributed by atoms with Crippen molar-refractivity contribution < 1.29 is 19.1 Å². The number of furan rings is 1. The number of benzene rings is 3. The van der Waals surface area contributed by atoms with Crippen molar-refractivity contribution in [1.29, 1.82) is 0 Å². The quantitative estimate of drug-likeness (QED) is 0.202. The Hall–Kier alpha value is -3.71. The molecule has 1 amide bonds. The number of carbonyl (C=O) groups is 2. The summed E-state index contributed by atoms with van der Waals surface area (Å²) in [5, 5.41) is 16.0. The van der Waals surface area contributed by atoms with Crippen LogP contribution < -0.4 is 10.6 Å². The van der Waals surface area contributed by atoms with Gasteiger partial charge >= 0.3 is 5.97 Å². The van der Waals surface area contributed by atoms with Crippen LogP contribution in [0.4, 0.5) is 5.69 Å². The summed E-state index contributed by atoms with van der Waals surface area (Å²) in [6.45, 7) is 4.49. The van der Waals surface area contributed by atoms with Gasteiger partial charge in [0.2, 0.25) is 0 Å². The zero-order chi connectivity index (χ0) is 25.5. The number of nitrogens with one attached hydrogen (secondary N) is 2. The lowest BCUT2D eigenvalue weighted by molar-refractivity contribution is -0.136. The number of carboxylic acid groups (broad SMARTS) is 1. The van der Waals surface area contributed by atoms with Gasteiger partial charge in [0.15, 0.2) is 0 Å². The van der Waals surface area contributed by atoms with Gasteiger partial charge in [-0.3, -0.25) is 9.59 Å². The van der Waals surface area contributed by atoms with Crippen LogP contribution in [-0.4, -0.2) is 35.3 Å². The summed E-state index contributed by atoms with van der Waals surface area (Å²) >= 11 is 1.80. The van der Waals surface area contributed by atoms with Gasteiger partial charge < -0.3 is 20.2 Å². The van der Waals surface area contributed by atoms with E-state index in [9.17, 15) is 9.59 Å². The van der Waals surface area contributed by atoms with Gasteiger partial charge in [-0.2, -0.15) is 0 Å². The fourth-order valence-corrected chi connectivity index (χ4v) is 4.91. The average Bonchev–Trinajstić information content (AvgIpc) is 3.31. The highest BCUT2D eigenvalue weighted by molar-refractivity contribution is 7.99. The summed E-state index contributed by atoms with van der Waals surface area (Å²) in [6, 6.07) is 26.0. The summed E-state index contributed by atoms with van der Waals surface area (Å²) in [4.78, 5) is 23.9. The Kier molecular flexibility index (Phi) is 8.33. The van der Waals surface area contributed by atoms with Crippen LogP contribution in [0.5, 0.6) is 0 Å². The van der Waals surface area contributed by atoms with Gasteiger partial charge in [-0.15, -0.1) is 11.8 Å². The van der Waals surface area contributed by atoms with Crippen molar-refractivity contribution >= 4 is 40.3 Å². The number of anilines is 1. The average molecular weight is 503 g/mol. The second-order valence-electron chi connectivity index (χ2n) is 8.96. The maximum absolute atomic E-state index is 12.2. The minimum Gasteiger partial charge on any atom is -0.481 e. The molecule has 7 heteroatoms. The van der Waals surface area contributed by atoms with E-state index in [-0.39, 0.29) is 24.9 Å². The topological polar surface area (TPSA) is 91.6 Å². The molecule has 0 aliphatic heterocycles. The van der Waals surface area contributed by atoms with Crippen molar-refractivity contribution in [1.82, 2.24) is 5.32 Å². The maximum atomic E-state index is 12.2. The molecule has 0 fully saturated rings. The molecule has 0 bridgehead atoms. The minimum atomic E-state index is -0.936.